The van der Waals surface area contributed by atoms with Gasteiger partial charge in [0.25, 0.3) is 0 Å². The van der Waals surface area contributed by atoms with E-state index in [0.29, 0.717) is 18.3 Å². The number of alkyl halides is 1. The van der Waals surface area contributed by atoms with Crippen molar-refractivity contribution in [3.05, 3.63) is 39.3 Å². The van der Waals surface area contributed by atoms with Gasteiger partial charge in [-0.15, -0.1) is 11.6 Å². The van der Waals surface area contributed by atoms with Gasteiger partial charge in [0.15, 0.2) is 5.82 Å². The van der Waals surface area contributed by atoms with Gasteiger partial charge in [-0.3, -0.25) is 0 Å². The van der Waals surface area contributed by atoms with E-state index in [2.05, 4.69) is 37.7 Å². The van der Waals surface area contributed by atoms with Gasteiger partial charge in [-0.1, -0.05) is 5.16 Å². The highest BCUT2D eigenvalue weighted by molar-refractivity contribution is 14.1. The molecule has 20 heavy (non-hydrogen) atoms. The number of aromatic nitrogens is 4. The quantitative estimate of drug-likeness (QED) is 0.495. The van der Waals surface area contributed by atoms with E-state index < -0.39 is 0 Å². The lowest BCUT2D eigenvalue weighted by molar-refractivity contribution is 0.386. The number of halogens is 2. The van der Waals surface area contributed by atoms with Crippen molar-refractivity contribution in [2.75, 3.05) is 0 Å². The Balaban J connectivity index is 2.13. The third-order valence-corrected chi connectivity index (χ3v) is 3.83. The standard InChI is InChI=1S/C13H12ClIN4O/c1-7(14)13-17-10-5-9(15)3-4-11(10)19(13)6-12-16-8(2)20-18-12/h3-5,7H,6H2,1-2H3. The maximum absolute atomic E-state index is 6.24. The average molecular weight is 403 g/mol. The molecule has 0 radical (unpaired) electrons. The number of nitrogens with zero attached hydrogens (tertiary/aromatic N) is 4. The predicted molar refractivity (Wildman–Crippen MR) is 84.9 cm³/mol. The molecule has 1 aromatic carbocycles. The number of hydrogen-bond donors (Lipinski definition) is 0. The van der Waals surface area contributed by atoms with Crippen molar-refractivity contribution >= 4 is 45.2 Å². The van der Waals surface area contributed by atoms with Gasteiger partial charge in [0.1, 0.15) is 5.82 Å². The van der Waals surface area contributed by atoms with Gasteiger partial charge >= 0.3 is 0 Å². The third kappa shape index (κ3) is 2.54. The van der Waals surface area contributed by atoms with E-state index in [9.17, 15) is 0 Å². The molecule has 7 heteroatoms. The molecule has 0 aliphatic rings. The van der Waals surface area contributed by atoms with Crippen LogP contribution in [0.15, 0.2) is 22.7 Å². The van der Waals surface area contributed by atoms with Crippen molar-refractivity contribution in [3.8, 4) is 0 Å². The van der Waals surface area contributed by atoms with E-state index in [-0.39, 0.29) is 5.38 Å². The van der Waals surface area contributed by atoms with E-state index in [1.807, 2.05) is 29.7 Å². The Morgan fingerprint density at radius 1 is 1.40 bits per heavy atom. The molecule has 0 bridgehead atoms. The molecule has 1 atom stereocenters. The van der Waals surface area contributed by atoms with Crippen molar-refractivity contribution in [2.24, 2.45) is 0 Å². The van der Waals surface area contributed by atoms with Crippen molar-refractivity contribution in [1.82, 2.24) is 19.7 Å². The zero-order chi connectivity index (χ0) is 14.3. The number of hydrogen-bond acceptors (Lipinski definition) is 4. The molecular weight excluding hydrogens is 391 g/mol. The van der Waals surface area contributed by atoms with Crippen LogP contribution in [-0.2, 0) is 6.54 Å². The Bertz CT molecular complexity index is 765. The van der Waals surface area contributed by atoms with E-state index >= 15 is 0 Å². The summed E-state index contributed by atoms with van der Waals surface area (Å²) in [6.07, 6.45) is 0. The highest BCUT2D eigenvalue weighted by Crippen LogP contribution is 2.26. The second kappa shape index (κ2) is 5.33. The second-order valence-corrected chi connectivity index (χ2v) is 6.44. The van der Waals surface area contributed by atoms with Crippen LogP contribution >= 0.6 is 34.2 Å². The van der Waals surface area contributed by atoms with Crippen LogP contribution in [0.25, 0.3) is 11.0 Å². The molecule has 5 nitrogen and oxygen atoms in total. The zero-order valence-electron chi connectivity index (χ0n) is 11.0. The van der Waals surface area contributed by atoms with Crippen molar-refractivity contribution in [1.29, 1.82) is 0 Å². The average Bonchev–Trinajstić information content (AvgIpc) is 2.94. The molecule has 0 amide bonds. The summed E-state index contributed by atoms with van der Waals surface area (Å²) in [5.41, 5.74) is 1.95. The second-order valence-electron chi connectivity index (χ2n) is 4.53. The Labute approximate surface area is 134 Å². The number of aryl methyl sites for hydroxylation is 1. The zero-order valence-corrected chi connectivity index (χ0v) is 13.9. The predicted octanol–water partition coefficient (Wildman–Crippen LogP) is 3.68. The van der Waals surface area contributed by atoms with Gasteiger partial charge in [0.2, 0.25) is 5.89 Å². The van der Waals surface area contributed by atoms with Gasteiger partial charge in [-0.2, -0.15) is 4.98 Å². The number of imidazole rings is 1. The van der Waals surface area contributed by atoms with Crippen LogP contribution in [0.5, 0.6) is 0 Å². The highest BCUT2D eigenvalue weighted by Gasteiger charge is 2.17. The molecule has 0 N–H and O–H groups in total. The lowest BCUT2D eigenvalue weighted by Crippen LogP contribution is -2.07. The number of fused-ring (bicyclic) bond motifs is 1. The van der Waals surface area contributed by atoms with Gasteiger partial charge in [-0.05, 0) is 47.7 Å². The SMILES string of the molecule is Cc1nc(Cn2c(C(C)Cl)nc3cc(I)ccc32)no1. The lowest BCUT2D eigenvalue weighted by Gasteiger charge is -2.07. The van der Waals surface area contributed by atoms with E-state index in [4.69, 9.17) is 16.1 Å². The van der Waals surface area contributed by atoms with E-state index in [1.54, 1.807) is 6.92 Å². The summed E-state index contributed by atoms with van der Waals surface area (Å²) in [6.45, 7) is 4.18. The molecule has 104 valence electrons. The maximum Gasteiger partial charge on any atom is 0.223 e. The summed E-state index contributed by atoms with van der Waals surface area (Å²) >= 11 is 8.51. The molecule has 1 unspecified atom stereocenters. The first-order chi connectivity index (χ1) is 9.54. The summed E-state index contributed by atoms with van der Waals surface area (Å²) in [4.78, 5) is 8.86. The van der Waals surface area contributed by atoms with Crippen molar-refractivity contribution in [3.63, 3.8) is 0 Å². The van der Waals surface area contributed by atoms with Crippen molar-refractivity contribution in [2.45, 2.75) is 25.8 Å². The molecule has 0 saturated heterocycles. The molecule has 2 aromatic heterocycles. The Kier molecular flexibility index (Phi) is 3.68. The molecule has 0 spiro atoms. The number of benzene rings is 1. The number of rotatable bonds is 3. The largest absolute Gasteiger partial charge is 0.340 e. The van der Waals surface area contributed by atoms with Crippen LogP contribution in [0.3, 0.4) is 0 Å². The van der Waals surface area contributed by atoms with Crippen LogP contribution in [-0.4, -0.2) is 19.7 Å². The first kappa shape index (κ1) is 13.8. The Morgan fingerprint density at radius 2 is 2.20 bits per heavy atom. The Hall–Kier alpha value is -1.15. The van der Waals surface area contributed by atoms with Gasteiger partial charge in [-0.25, -0.2) is 4.98 Å². The first-order valence-electron chi connectivity index (χ1n) is 6.13. The Morgan fingerprint density at radius 3 is 2.85 bits per heavy atom. The molecule has 3 rings (SSSR count). The fourth-order valence-electron chi connectivity index (χ4n) is 2.14. The molecule has 0 aliphatic heterocycles. The van der Waals surface area contributed by atoms with Crippen LogP contribution in [0, 0.1) is 10.5 Å². The topological polar surface area (TPSA) is 56.7 Å². The van der Waals surface area contributed by atoms with Gasteiger partial charge in [0.05, 0.1) is 23.0 Å². The summed E-state index contributed by atoms with van der Waals surface area (Å²) in [5, 5.41) is 3.75. The molecular formula is C13H12ClIN4O. The summed E-state index contributed by atoms with van der Waals surface area (Å²) in [5.74, 6) is 1.99. The van der Waals surface area contributed by atoms with E-state index in [1.165, 1.54) is 0 Å². The lowest BCUT2D eigenvalue weighted by atomic mass is 10.3. The molecule has 0 aliphatic carbocycles. The van der Waals surface area contributed by atoms with Gasteiger partial charge in [0, 0.05) is 10.5 Å². The summed E-state index contributed by atoms with van der Waals surface area (Å²) in [7, 11) is 0. The van der Waals surface area contributed by atoms with Crippen LogP contribution in [0.4, 0.5) is 0 Å². The molecule has 0 fully saturated rings. The monoisotopic (exact) mass is 402 g/mol. The molecule has 3 aromatic rings. The van der Waals surface area contributed by atoms with E-state index in [0.717, 1.165) is 20.4 Å². The summed E-state index contributed by atoms with van der Waals surface area (Å²) < 4.78 is 8.19. The summed E-state index contributed by atoms with van der Waals surface area (Å²) in [6, 6.07) is 6.13. The minimum absolute atomic E-state index is 0.187. The minimum atomic E-state index is -0.187. The van der Waals surface area contributed by atoms with Crippen molar-refractivity contribution < 1.29 is 4.52 Å². The first-order valence-corrected chi connectivity index (χ1v) is 7.65. The van der Waals surface area contributed by atoms with Crippen LogP contribution in [0.1, 0.15) is 29.8 Å². The van der Waals surface area contributed by atoms with Gasteiger partial charge < -0.3 is 9.09 Å². The normalized spacial score (nSPS) is 13.0. The van der Waals surface area contributed by atoms with Crippen LogP contribution < -0.4 is 0 Å². The highest BCUT2D eigenvalue weighted by atomic mass is 127. The molecule has 2 heterocycles. The smallest absolute Gasteiger partial charge is 0.223 e. The minimum Gasteiger partial charge on any atom is -0.340 e. The third-order valence-electron chi connectivity index (χ3n) is 2.96. The fraction of sp³-hybridized carbons (Fsp3) is 0.308. The molecule has 0 saturated carbocycles. The fourth-order valence-corrected chi connectivity index (χ4v) is 2.78. The van der Waals surface area contributed by atoms with Crippen LogP contribution in [0.2, 0.25) is 0 Å². The maximum atomic E-state index is 6.24.